The molecule has 4 rings (SSSR count). The van der Waals surface area contributed by atoms with Gasteiger partial charge in [0.25, 0.3) is 0 Å². The zero-order chi connectivity index (χ0) is 16.0. The number of anilines is 1. The van der Waals surface area contributed by atoms with Crippen LogP contribution in [-0.2, 0) is 13.0 Å². The molecular formula is C15H12FN5O2. The zero-order valence-corrected chi connectivity index (χ0v) is 12.0. The first-order valence-corrected chi connectivity index (χ1v) is 7.13. The van der Waals surface area contributed by atoms with E-state index < -0.39 is 4.92 Å². The second-order valence-electron chi connectivity index (χ2n) is 5.42. The number of fused-ring (bicyclic) bond motifs is 2. The Hall–Kier alpha value is -3.03. The Morgan fingerprint density at radius 3 is 2.91 bits per heavy atom. The van der Waals surface area contributed by atoms with Gasteiger partial charge in [-0.05, 0) is 40.7 Å². The molecule has 3 heterocycles. The lowest BCUT2D eigenvalue weighted by Gasteiger charge is -2.29. The fraction of sp³-hybridized carbons (Fsp3) is 0.200. The average molecular weight is 313 g/mol. The summed E-state index contributed by atoms with van der Waals surface area (Å²) in [5.41, 5.74) is 2.47. The maximum absolute atomic E-state index is 13.3. The van der Waals surface area contributed by atoms with Crippen molar-refractivity contribution in [2.75, 3.05) is 11.4 Å². The number of halogens is 1. The average Bonchev–Trinajstić information content (AvgIpc) is 2.97. The Bertz CT molecular complexity index is 923. The lowest BCUT2D eigenvalue weighted by atomic mass is 10.00. The van der Waals surface area contributed by atoms with Crippen molar-refractivity contribution < 1.29 is 9.31 Å². The molecule has 0 saturated carbocycles. The molecule has 1 aliphatic rings. The summed E-state index contributed by atoms with van der Waals surface area (Å²) in [5.74, 6) is 0.237. The van der Waals surface area contributed by atoms with Gasteiger partial charge in [-0.15, -0.1) is 0 Å². The Kier molecular flexibility index (Phi) is 2.97. The van der Waals surface area contributed by atoms with E-state index in [1.165, 1.54) is 16.8 Å². The van der Waals surface area contributed by atoms with E-state index in [4.69, 9.17) is 0 Å². The van der Waals surface area contributed by atoms with Gasteiger partial charge in [0, 0.05) is 19.2 Å². The molecule has 0 amide bonds. The van der Waals surface area contributed by atoms with Crippen molar-refractivity contribution in [2.24, 2.45) is 0 Å². The van der Waals surface area contributed by atoms with Gasteiger partial charge in [-0.2, -0.15) is 0 Å². The minimum absolute atomic E-state index is 0.165. The first-order chi connectivity index (χ1) is 11.1. The van der Waals surface area contributed by atoms with Gasteiger partial charge in [0.1, 0.15) is 12.0 Å². The van der Waals surface area contributed by atoms with Crippen LogP contribution in [0.5, 0.6) is 0 Å². The zero-order valence-electron chi connectivity index (χ0n) is 12.0. The fourth-order valence-corrected chi connectivity index (χ4v) is 2.86. The standard InChI is InChI=1S/C15H12FN5O2/c16-12-2-1-11-9-19(6-5-10(11)7-12)14-4-3-13-17-8-15(21(22)23)20(13)18-14/h1-4,7-8H,5-6,9H2. The van der Waals surface area contributed by atoms with Gasteiger partial charge < -0.3 is 15.0 Å². The van der Waals surface area contributed by atoms with Crippen LogP contribution in [0.4, 0.5) is 16.0 Å². The summed E-state index contributed by atoms with van der Waals surface area (Å²) in [4.78, 5) is 16.5. The van der Waals surface area contributed by atoms with Crippen LogP contribution < -0.4 is 4.90 Å². The molecule has 0 radical (unpaired) electrons. The van der Waals surface area contributed by atoms with Gasteiger partial charge in [-0.1, -0.05) is 15.7 Å². The predicted octanol–water partition coefficient (Wildman–Crippen LogP) is 2.34. The fourth-order valence-electron chi connectivity index (χ4n) is 2.86. The minimum atomic E-state index is -0.509. The first kappa shape index (κ1) is 13.6. The highest BCUT2D eigenvalue weighted by atomic mass is 19.1. The topological polar surface area (TPSA) is 76.6 Å². The molecule has 0 saturated heterocycles. The SMILES string of the molecule is O=[N+]([O-])c1cnc2ccc(N3CCc4cc(F)ccc4C3)nn12. The van der Waals surface area contributed by atoms with Crippen molar-refractivity contribution in [2.45, 2.75) is 13.0 Å². The van der Waals surface area contributed by atoms with Crippen molar-refractivity contribution in [3.8, 4) is 0 Å². The van der Waals surface area contributed by atoms with E-state index in [-0.39, 0.29) is 11.6 Å². The van der Waals surface area contributed by atoms with E-state index in [1.807, 2.05) is 4.90 Å². The Labute approximate surface area is 130 Å². The number of benzene rings is 1. The van der Waals surface area contributed by atoms with Crippen LogP contribution in [0.3, 0.4) is 0 Å². The molecule has 1 aromatic carbocycles. The summed E-state index contributed by atoms with van der Waals surface area (Å²) in [5, 5.41) is 15.3. The highest BCUT2D eigenvalue weighted by Gasteiger charge is 2.21. The number of aromatic nitrogens is 3. The van der Waals surface area contributed by atoms with Gasteiger partial charge in [0.05, 0.1) is 0 Å². The molecule has 2 aromatic heterocycles. The maximum Gasteiger partial charge on any atom is 0.368 e. The molecule has 0 N–H and O–H groups in total. The third-order valence-electron chi connectivity index (χ3n) is 4.02. The molecular weight excluding hydrogens is 301 g/mol. The van der Waals surface area contributed by atoms with Crippen LogP contribution in [-0.4, -0.2) is 26.1 Å². The number of imidazole rings is 1. The molecule has 0 aliphatic carbocycles. The summed E-state index contributed by atoms with van der Waals surface area (Å²) >= 11 is 0. The number of hydrogen-bond acceptors (Lipinski definition) is 5. The predicted molar refractivity (Wildman–Crippen MR) is 80.8 cm³/mol. The molecule has 1 aliphatic heterocycles. The third kappa shape index (κ3) is 2.28. The lowest BCUT2D eigenvalue weighted by Crippen LogP contribution is -2.31. The van der Waals surface area contributed by atoms with Crippen LogP contribution >= 0.6 is 0 Å². The Morgan fingerprint density at radius 1 is 1.22 bits per heavy atom. The molecule has 0 fully saturated rings. The van der Waals surface area contributed by atoms with Gasteiger partial charge in [0.2, 0.25) is 5.65 Å². The molecule has 0 atom stereocenters. The van der Waals surface area contributed by atoms with E-state index in [2.05, 4.69) is 10.1 Å². The normalized spacial score (nSPS) is 14.0. The molecule has 8 heteroatoms. The summed E-state index contributed by atoms with van der Waals surface area (Å²) in [7, 11) is 0. The summed E-state index contributed by atoms with van der Waals surface area (Å²) in [6.07, 6.45) is 1.90. The van der Waals surface area contributed by atoms with E-state index in [9.17, 15) is 14.5 Å². The number of nitro groups is 1. The van der Waals surface area contributed by atoms with Crippen molar-refractivity contribution in [1.29, 1.82) is 0 Å². The first-order valence-electron chi connectivity index (χ1n) is 7.13. The van der Waals surface area contributed by atoms with E-state index >= 15 is 0 Å². The number of hydrogen-bond donors (Lipinski definition) is 0. The molecule has 7 nitrogen and oxygen atoms in total. The van der Waals surface area contributed by atoms with E-state index in [0.29, 0.717) is 31.0 Å². The summed E-state index contributed by atoms with van der Waals surface area (Å²) in [6, 6.07) is 8.27. The maximum atomic E-state index is 13.3. The van der Waals surface area contributed by atoms with Crippen molar-refractivity contribution in [3.63, 3.8) is 0 Å². The van der Waals surface area contributed by atoms with Crippen LogP contribution in [0, 0.1) is 15.9 Å². The number of rotatable bonds is 2. The van der Waals surface area contributed by atoms with E-state index in [1.54, 1.807) is 24.3 Å². The molecule has 3 aromatic rings. The highest BCUT2D eigenvalue weighted by molar-refractivity contribution is 5.50. The largest absolute Gasteiger partial charge is 0.368 e. The van der Waals surface area contributed by atoms with Crippen LogP contribution in [0.25, 0.3) is 5.65 Å². The quantitative estimate of drug-likeness (QED) is 0.536. The lowest BCUT2D eigenvalue weighted by molar-refractivity contribution is -0.391. The molecule has 23 heavy (non-hydrogen) atoms. The summed E-state index contributed by atoms with van der Waals surface area (Å²) < 4.78 is 14.5. The second kappa shape index (κ2) is 5.01. The number of nitrogens with zero attached hydrogens (tertiary/aromatic N) is 5. The minimum Gasteiger partial charge on any atom is -0.358 e. The second-order valence-corrected chi connectivity index (χ2v) is 5.42. The third-order valence-corrected chi connectivity index (χ3v) is 4.02. The molecule has 0 unspecified atom stereocenters. The van der Waals surface area contributed by atoms with Gasteiger partial charge >= 0.3 is 5.82 Å². The highest BCUT2D eigenvalue weighted by Crippen LogP contribution is 2.24. The van der Waals surface area contributed by atoms with Crippen LogP contribution in [0.15, 0.2) is 36.5 Å². The van der Waals surface area contributed by atoms with Gasteiger partial charge in [0.15, 0.2) is 5.82 Å². The molecule has 0 spiro atoms. The van der Waals surface area contributed by atoms with Crippen LogP contribution in [0.1, 0.15) is 11.1 Å². The van der Waals surface area contributed by atoms with Crippen LogP contribution in [0.2, 0.25) is 0 Å². The van der Waals surface area contributed by atoms with Crippen molar-refractivity contribution in [1.82, 2.24) is 14.6 Å². The van der Waals surface area contributed by atoms with E-state index in [0.717, 1.165) is 11.1 Å². The molecule has 0 bridgehead atoms. The monoisotopic (exact) mass is 313 g/mol. The molecule has 116 valence electrons. The van der Waals surface area contributed by atoms with Crippen molar-refractivity contribution in [3.05, 3.63) is 63.6 Å². The summed E-state index contributed by atoms with van der Waals surface area (Å²) in [6.45, 7) is 1.27. The Balaban J connectivity index is 1.71. The van der Waals surface area contributed by atoms with Crippen molar-refractivity contribution >= 4 is 17.3 Å². The Morgan fingerprint density at radius 2 is 2.09 bits per heavy atom. The smallest absolute Gasteiger partial charge is 0.358 e. The van der Waals surface area contributed by atoms with Gasteiger partial charge in [-0.3, -0.25) is 0 Å². The van der Waals surface area contributed by atoms with Gasteiger partial charge in [-0.25, -0.2) is 9.37 Å².